The van der Waals surface area contributed by atoms with Gasteiger partial charge in [-0.15, -0.1) is 11.8 Å². The van der Waals surface area contributed by atoms with Gasteiger partial charge in [-0.05, 0) is 25.2 Å². The lowest BCUT2D eigenvalue weighted by atomic mass is 10.4. The maximum Gasteiger partial charge on any atom is 0.141 e. The van der Waals surface area contributed by atoms with Crippen LogP contribution in [0.3, 0.4) is 0 Å². The zero-order valence-electron chi connectivity index (χ0n) is 9.81. The zero-order valence-corrected chi connectivity index (χ0v) is 10.6. The van der Waals surface area contributed by atoms with Crippen LogP contribution in [0.25, 0.3) is 0 Å². The second-order valence-corrected chi connectivity index (χ2v) is 4.53. The van der Waals surface area contributed by atoms with Crippen molar-refractivity contribution < 1.29 is 0 Å². The quantitative estimate of drug-likeness (QED) is 0.710. The Morgan fingerprint density at radius 2 is 2.19 bits per heavy atom. The van der Waals surface area contributed by atoms with Crippen LogP contribution in [0.5, 0.6) is 0 Å². The third-order valence-corrected chi connectivity index (χ3v) is 3.39. The van der Waals surface area contributed by atoms with Crippen molar-refractivity contribution in [3.05, 3.63) is 24.0 Å². The number of thioether (sulfide) groups is 1. The minimum Gasteiger partial charge on any atom is -0.303 e. The van der Waals surface area contributed by atoms with Crippen molar-refractivity contribution in [1.29, 1.82) is 5.26 Å². The molecule has 0 saturated heterocycles. The van der Waals surface area contributed by atoms with Gasteiger partial charge in [-0.3, -0.25) is 0 Å². The number of hydrogen-bond donors (Lipinski definition) is 0. The summed E-state index contributed by atoms with van der Waals surface area (Å²) in [5.74, 6) is 1.05. The van der Waals surface area contributed by atoms with Gasteiger partial charge in [-0.25, -0.2) is 4.98 Å². The van der Waals surface area contributed by atoms with Gasteiger partial charge in [0, 0.05) is 23.4 Å². The first-order chi connectivity index (χ1) is 7.80. The van der Waals surface area contributed by atoms with Crippen LogP contribution in [0, 0.1) is 11.3 Å². The summed E-state index contributed by atoms with van der Waals surface area (Å²) in [6.07, 6.45) is 1.69. The van der Waals surface area contributed by atoms with E-state index in [1.807, 2.05) is 12.1 Å². The average molecular weight is 235 g/mol. The van der Waals surface area contributed by atoms with Crippen LogP contribution in [0.2, 0.25) is 0 Å². The predicted molar refractivity (Wildman–Crippen MR) is 67.5 cm³/mol. The Morgan fingerprint density at radius 3 is 2.81 bits per heavy atom. The van der Waals surface area contributed by atoms with E-state index in [0.717, 1.165) is 30.3 Å². The van der Waals surface area contributed by atoms with E-state index in [9.17, 15) is 0 Å². The third-order valence-electron chi connectivity index (χ3n) is 2.42. The van der Waals surface area contributed by atoms with Crippen LogP contribution in [0.4, 0.5) is 0 Å². The number of hydrogen-bond acceptors (Lipinski definition) is 4. The van der Waals surface area contributed by atoms with Crippen LogP contribution >= 0.6 is 11.8 Å². The number of aromatic nitrogens is 1. The molecule has 3 nitrogen and oxygen atoms in total. The largest absolute Gasteiger partial charge is 0.303 e. The van der Waals surface area contributed by atoms with Crippen molar-refractivity contribution in [1.82, 2.24) is 9.88 Å². The van der Waals surface area contributed by atoms with Gasteiger partial charge in [0.1, 0.15) is 11.8 Å². The highest BCUT2D eigenvalue weighted by atomic mass is 32.2. The van der Waals surface area contributed by atoms with Gasteiger partial charge >= 0.3 is 0 Å². The molecule has 0 fully saturated rings. The van der Waals surface area contributed by atoms with E-state index in [1.54, 1.807) is 18.0 Å². The number of nitriles is 1. The molecule has 0 unspecified atom stereocenters. The maximum absolute atomic E-state index is 8.72. The smallest absolute Gasteiger partial charge is 0.141 e. The molecule has 0 aliphatic carbocycles. The van der Waals surface area contributed by atoms with Gasteiger partial charge < -0.3 is 4.90 Å². The SMILES string of the molecule is CCN(CC)CCSc1ccnc(C#N)c1. The molecule has 0 amide bonds. The van der Waals surface area contributed by atoms with E-state index < -0.39 is 0 Å². The minimum atomic E-state index is 0.493. The fourth-order valence-corrected chi connectivity index (χ4v) is 2.33. The number of nitrogens with zero attached hydrogens (tertiary/aromatic N) is 3. The van der Waals surface area contributed by atoms with E-state index in [2.05, 4.69) is 29.8 Å². The van der Waals surface area contributed by atoms with Crippen molar-refractivity contribution in [2.75, 3.05) is 25.4 Å². The third kappa shape index (κ3) is 4.21. The van der Waals surface area contributed by atoms with Crippen molar-refractivity contribution in [3.63, 3.8) is 0 Å². The van der Waals surface area contributed by atoms with Gasteiger partial charge in [0.15, 0.2) is 0 Å². The first-order valence-corrected chi connectivity index (χ1v) is 6.50. The lowest BCUT2D eigenvalue weighted by molar-refractivity contribution is 0.324. The highest BCUT2D eigenvalue weighted by Gasteiger charge is 2.00. The van der Waals surface area contributed by atoms with Crippen LogP contribution in [0.15, 0.2) is 23.2 Å². The van der Waals surface area contributed by atoms with Gasteiger partial charge in [-0.1, -0.05) is 13.8 Å². The Balaban J connectivity index is 2.40. The minimum absolute atomic E-state index is 0.493. The van der Waals surface area contributed by atoms with Gasteiger partial charge in [-0.2, -0.15) is 5.26 Å². The summed E-state index contributed by atoms with van der Waals surface area (Å²) in [5, 5.41) is 8.72. The molecule has 0 aromatic carbocycles. The molecule has 4 heteroatoms. The molecule has 16 heavy (non-hydrogen) atoms. The van der Waals surface area contributed by atoms with Crippen LogP contribution in [0.1, 0.15) is 19.5 Å². The summed E-state index contributed by atoms with van der Waals surface area (Å²) in [5.41, 5.74) is 0.493. The lowest BCUT2D eigenvalue weighted by Gasteiger charge is -2.17. The van der Waals surface area contributed by atoms with Crippen molar-refractivity contribution in [2.24, 2.45) is 0 Å². The topological polar surface area (TPSA) is 39.9 Å². The van der Waals surface area contributed by atoms with E-state index >= 15 is 0 Å². The molecule has 86 valence electrons. The standard InChI is InChI=1S/C12H17N3S/c1-3-15(4-2)7-8-16-12-5-6-14-11(9-12)10-13/h5-6,9H,3-4,7-8H2,1-2H3. The Bertz CT molecular complexity index is 356. The highest BCUT2D eigenvalue weighted by Crippen LogP contribution is 2.17. The zero-order chi connectivity index (χ0) is 11.8. The number of pyridine rings is 1. The normalized spacial score (nSPS) is 10.4. The second-order valence-electron chi connectivity index (χ2n) is 3.36. The molecule has 0 atom stereocenters. The molecular weight excluding hydrogens is 218 g/mol. The van der Waals surface area contributed by atoms with Crippen molar-refractivity contribution >= 4 is 11.8 Å². The summed E-state index contributed by atoms with van der Waals surface area (Å²) >= 11 is 1.78. The Labute approximate surface area is 101 Å². The number of rotatable bonds is 6. The first-order valence-electron chi connectivity index (χ1n) is 5.51. The summed E-state index contributed by atoms with van der Waals surface area (Å²) < 4.78 is 0. The van der Waals surface area contributed by atoms with Gasteiger partial charge in [0.25, 0.3) is 0 Å². The summed E-state index contributed by atoms with van der Waals surface area (Å²) in [6.45, 7) is 7.62. The molecule has 0 N–H and O–H groups in total. The molecule has 1 heterocycles. The average Bonchev–Trinajstić information content (AvgIpc) is 2.35. The fourth-order valence-electron chi connectivity index (χ4n) is 1.39. The highest BCUT2D eigenvalue weighted by molar-refractivity contribution is 7.99. The molecule has 1 aromatic rings. The van der Waals surface area contributed by atoms with Gasteiger partial charge in [0.2, 0.25) is 0 Å². The molecule has 0 aliphatic heterocycles. The summed E-state index contributed by atoms with van der Waals surface area (Å²) in [6, 6.07) is 5.85. The lowest BCUT2D eigenvalue weighted by Crippen LogP contribution is -2.25. The molecule has 0 spiro atoms. The Kier molecular flexibility index (Phi) is 5.91. The molecule has 0 saturated carbocycles. The van der Waals surface area contributed by atoms with Crippen LogP contribution in [-0.2, 0) is 0 Å². The predicted octanol–water partition coefficient (Wildman–Crippen LogP) is 2.39. The molecule has 1 rings (SSSR count). The maximum atomic E-state index is 8.72. The fraction of sp³-hybridized carbons (Fsp3) is 0.500. The molecule has 1 aromatic heterocycles. The van der Waals surface area contributed by atoms with E-state index in [-0.39, 0.29) is 0 Å². The van der Waals surface area contributed by atoms with E-state index in [0.29, 0.717) is 5.69 Å². The first kappa shape index (κ1) is 13.0. The van der Waals surface area contributed by atoms with Crippen LogP contribution < -0.4 is 0 Å². The summed E-state index contributed by atoms with van der Waals surface area (Å²) in [7, 11) is 0. The molecule has 0 bridgehead atoms. The summed E-state index contributed by atoms with van der Waals surface area (Å²) in [4.78, 5) is 7.46. The Morgan fingerprint density at radius 1 is 1.44 bits per heavy atom. The monoisotopic (exact) mass is 235 g/mol. The molecular formula is C12H17N3S. The van der Waals surface area contributed by atoms with E-state index in [4.69, 9.17) is 5.26 Å². The van der Waals surface area contributed by atoms with Crippen molar-refractivity contribution in [3.8, 4) is 6.07 Å². The van der Waals surface area contributed by atoms with E-state index in [1.165, 1.54) is 0 Å². The molecule has 0 aliphatic rings. The van der Waals surface area contributed by atoms with Crippen molar-refractivity contribution in [2.45, 2.75) is 18.7 Å². The van der Waals surface area contributed by atoms with Crippen LogP contribution in [-0.4, -0.2) is 35.3 Å². The molecule has 0 radical (unpaired) electrons. The second kappa shape index (κ2) is 7.26. The van der Waals surface area contributed by atoms with Gasteiger partial charge in [0.05, 0.1) is 0 Å². The Hall–Kier alpha value is -1.05.